The SMILES string of the molecule is CC1CN(S(=O)(=O)c2cc(F)cc(F)c2)CCN1S(=O)(=O)c1cc(F)cc(F)c1. The van der Waals surface area contributed by atoms with Gasteiger partial charge in [-0.3, -0.25) is 0 Å². The summed E-state index contributed by atoms with van der Waals surface area (Å²) in [6.45, 7) is 0.499. The monoisotopic (exact) mass is 452 g/mol. The van der Waals surface area contributed by atoms with E-state index in [-0.39, 0.29) is 19.6 Å². The Hall–Kier alpha value is -2.02. The molecule has 1 unspecified atom stereocenters. The van der Waals surface area contributed by atoms with Crippen LogP contribution in [0.5, 0.6) is 0 Å². The van der Waals surface area contributed by atoms with Crippen LogP contribution >= 0.6 is 0 Å². The minimum atomic E-state index is -4.29. The molecular formula is C17H16F4N2O4S2. The number of hydrogen-bond acceptors (Lipinski definition) is 4. The number of hydrogen-bond donors (Lipinski definition) is 0. The second kappa shape index (κ2) is 7.67. The third-order valence-corrected chi connectivity index (χ3v) is 8.28. The molecule has 6 nitrogen and oxygen atoms in total. The Balaban J connectivity index is 1.87. The lowest BCUT2D eigenvalue weighted by atomic mass is 10.3. The minimum Gasteiger partial charge on any atom is -0.207 e. The highest BCUT2D eigenvalue weighted by molar-refractivity contribution is 7.89. The number of rotatable bonds is 4. The van der Waals surface area contributed by atoms with Gasteiger partial charge < -0.3 is 0 Å². The van der Waals surface area contributed by atoms with E-state index in [0.29, 0.717) is 36.4 Å². The molecule has 12 heteroatoms. The van der Waals surface area contributed by atoms with Crippen LogP contribution < -0.4 is 0 Å². The first kappa shape index (κ1) is 21.7. The first-order chi connectivity index (χ1) is 13.4. The Kier molecular flexibility index (Phi) is 5.73. The molecule has 158 valence electrons. The Morgan fingerprint density at radius 3 is 1.55 bits per heavy atom. The summed E-state index contributed by atoms with van der Waals surface area (Å²) >= 11 is 0. The van der Waals surface area contributed by atoms with Gasteiger partial charge in [-0.25, -0.2) is 34.4 Å². The molecule has 0 spiro atoms. The molecule has 1 aliphatic rings. The van der Waals surface area contributed by atoms with Gasteiger partial charge in [0, 0.05) is 37.8 Å². The fraction of sp³-hybridized carbons (Fsp3) is 0.294. The third-order valence-electron chi connectivity index (χ3n) is 4.45. The van der Waals surface area contributed by atoms with Crippen molar-refractivity contribution >= 4 is 20.0 Å². The van der Waals surface area contributed by atoms with E-state index in [1.54, 1.807) is 0 Å². The first-order valence-electron chi connectivity index (χ1n) is 8.35. The molecule has 1 saturated heterocycles. The van der Waals surface area contributed by atoms with Gasteiger partial charge in [0.15, 0.2) is 0 Å². The fourth-order valence-electron chi connectivity index (χ4n) is 3.12. The Morgan fingerprint density at radius 2 is 1.14 bits per heavy atom. The van der Waals surface area contributed by atoms with Gasteiger partial charge in [-0.15, -0.1) is 0 Å². The molecule has 2 aromatic rings. The van der Waals surface area contributed by atoms with E-state index < -0.39 is 59.1 Å². The molecule has 29 heavy (non-hydrogen) atoms. The maximum atomic E-state index is 13.4. The molecule has 0 bridgehead atoms. The number of halogens is 4. The maximum absolute atomic E-state index is 13.4. The van der Waals surface area contributed by atoms with Crippen LogP contribution in [0.1, 0.15) is 6.92 Å². The summed E-state index contributed by atoms with van der Waals surface area (Å²) in [4.78, 5) is -1.18. The topological polar surface area (TPSA) is 74.8 Å². The van der Waals surface area contributed by atoms with Crippen LogP contribution in [0.15, 0.2) is 46.2 Å². The normalized spacial score (nSPS) is 19.4. The van der Waals surface area contributed by atoms with Gasteiger partial charge in [0.1, 0.15) is 23.3 Å². The second-order valence-corrected chi connectivity index (χ2v) is 10.4. The zero-order valence-corrected chi connectivity index (χ0v) is 16.7. The molecule has 1 heterocycles. The molecule has 1 aliphatic heterocycles. The van der Waals surface area contributed by atoms with Crippen LogP contribution in [0.4, 0.5) is 17.6 Å². The standard InChI is InChI=1S/C17H16F4N2O4S2/c1-11-10-22(28(24,25)16-6-12(18)4-13(19)7-16)2-3-23(11)29(26,27)17-8-14(20)5-15(21)9-17/h4-9,11H,2-3,10H2,1H3. The zero-order valence-electron chi connectivity index (χ0n) is 15.0. The summed E-state index contributed by atoms with van der Waals surface area (Å²) in [5, 5.41) is 0. The van der Waals surface area contributed by atoms with Crippen molar-refractivity contribution in [2.75, 3.05) is 19.6 Å². The van der Waals surface area contributed by atoms with Gasteiger partial charge in [-0.1, -0.05) is 0 Å². The van der Waals surface area contributed by atoms with Crippen molar-refractivity contribution in [3.63, 3.8) is 0 Å². The summed E-state index contributed by atoms with van der Waals surface area (Å²) in [6, 6.07) is 2.85. The van der Waals surface area contributed by atoms with Crippen LogP contribution in [0.25, 0.3) is 0 Å². The number of nitrogens with zero attached hydrogens (tertiary/aromatic N) is 2. The van der Waals surface area contributed by atoms with Crippen LogP contribution in [-0.4, -0.2) is 51.1 Å². The van der Waals surface area contributed by atoms with E-state index in [2.05, 4.69) is 0 Å². The molecule has 0 radical (unpaired) electrons. The average Bonchev–Trinajstić information content (AvgIpc) is 2.59. The summed E-state index contributed by atoms with van der Waals surface area (Å²) < 4.78 is 106. The Labute approximate surface area is 165 Å². The molecule has 0 aliphatic carbocycles. The molecule has 0 amide bonds. The Morgan fingerprint density at radius 1 is 0.724 bits per heavy atom. The van der Waals surface area contributed by atoms with E-state index in [0.717, 1.165) is 8.61 Å². The maximum Gasteiger partial charge on any atom is 0.243 e. The molecule has 2 aromatic carbocycles. The van der Waals surface area contributed by atoms with Gasteiger partial charge in [0.05, 0.1) is 9.79 Å². The highest BCUT2D eigenvalue weighted by Crippen LogP contribution is 2.26. The molecule has 1 fully saturated rings. The molecule has 3 rings (SSSR count). The lowest BCUT2D eigenvalue weighted by Gasteiger charge is -2.38. The van der Waals surface area contributed by atoms with E-state index >= 15 is 0 Å². The van der Waals surface area contributed by atoms with Gasteiger partial charge in [0.25, 0.3) is 0 Å². The van der Waals surface area contributed by atoms with E-state index in [4.69, 9.17) is 0 Å². The van der Waals surface area contributed by atoms with Crippen molar-refractivity contribution in [1.82, 2.24) is 8.61 Å². The first-order valence-corrected chi connectivity index (χ1v) is 11.2. The average molecular weight is 452 g/mol. The van der Waals surface area contributed by atoms with Crippen LogP contribution in [0.2, 0.25) is 0 Å². The second-order valence-electron chi connectivity index (χ2n) is 6.54. The zero-order chi connectivity index (χ0) is 21.6. The lowest BCUT2D eigenvalue weighted by molar-refractivity contribution is 0.212. The van der Waals surface area contributed by atoms with E-state index in [1.165, 1.54) is 6.92 Å². The van der Waals surface area contributed by atoms with E-state index in [1.807, 2.05) is 0 Å². The largest absolute Gasteiger partial charge is 0.243 e. The highest BCUT2D eigenvalue weighted by atomic mass is 32.2. The van der Waals surface area contributed by atoms with Crippen molar-refractivity contribution in [3.8, 4) is 0 Å². The van der Waals surface area contributed by atoms with Crippen molar-refractivity contribution in [1.29, 1.82) is 0 Å². The number of sulfonamides is 2. The molecule has 0 aromatic heterocycles. The number of benzene rings is 2. The van der Waals surface area contributed by atoms with Gasteiger partial charge in [-0.2, -0.15) is 8.61 Å². The molecule has 0 N–H and O–H groups in total. The highest BCUT2D eigenvalue weighted by Gasteiger charge is 2.38. The fourth-order valence-corrected chi connectivity index (χ4v) is 6.33. The molecule has 1 atom stereocenters. The van der Waals surface area contributed by atoms with E-state index in [9.17, 15) is 34.4 Å². The predicted molar refractivity (Wildman–Crippen MR) is 94.8 cm³/mol. The molecule has 0 saturated carbocycles. The summed E-state index contributed by atoms with van der Waals surface area (Å²) in [7, 11) is -8.57. The van der Waals surface area contributed by atoms with Crippen molar-refractivity contribution in [3.05, 3.63) is 59.7 Å². The minimum absolute atomic E-state index is 0.304. The summed E-state index contributed by atoms with van der Waals surface area (Å²) in [5.41, 5.74) is 0. The van der Waals surface area contributed by atoms with Crippen LogP contribution in [0, 0.1) is 23.3 Å². The Bertz CT molecular complexity index is 1120. The van der Waals surface area contributed by atoms with Gasteiger partial charge in [-0.05, 0) is 31.2 Å². The smallest absolute Gasteiger partial charge is 0.207 e. The van der Waals surface area contributed by atoms with Crippen molar-refractivity contribution in [2.45, 2.75) is 22.8 Å². The summed E-state index contributed by atoms with van der Waals surface area (Å²) in [5.74, 6) is -4.26. The number of piperazine rings is 1. The quantitative estimate of drug-likeness (QED) is 0.668. The molecular weight excluding hydrogens is 436 g/mol. The van der Waals surface area contributed by atoms with Gasteiger partial charge >= 0.3 is 0 Å². The predicted octanol–water partition coefficient (Wildman–Crippen LogP) is 2.33. The van der Waals surface area contributed by atoms with Crippen molar-refractivity contribution < 1.29 is 34.4 Å². The van der Waals surface area contributed by atoms with Crippen molar-refractivity contribution in [2.24, 2.45) is 0 Å². The van der Waals surface area contributed by atoms with Crippen LogP contribution in [0.3, 0.4) is 0 Å². The lowest BCUT2D eigenvalue weighted by Crippen LogP contribution is -2.55. The third kappa shape index (κ3) is 4.29. The van der Waals surface area contributed by atoms with Gasteiger partial charge in [0.2, 0.25) is 20.0 Å². The van der Waals surface area contributed by atoms with Crippen LogP contribution in [-0.2, 0) is 20.0 Å². The summed E-state index contributed by atoms with van der Waals surface area (Å²) in [6.07, 6.45) is 0.